The van der Waals surface area contributed by atoms with Crippen molar-refractivity contribution in [2.75, 3.05) is 54.1 Å². The second kappa shape index (κ2) is 13.3. The molecular weight excluding hydrogens is 585 g/mol. The minimum absolute atomic E-state index is 0.0907. The number of nitrogens with zero attached hydrogens (tertiary/aromatic N) is 2. The summed E-state index contributed by atoms with van der Waals surface area (Å²) in [7, 11) is 4.89. The van der Waals surface area contributed by atoms with Gasteiger partial charge in [0, 0.05) is 18.5 Å². The molecule has 1 unspecified atom stereocenters. The summed E-state index contributed by atoms with van der Waals surface area (Å²) in [5.74, 6) is 1.66. The van der Waals surface area contributed by atoms with Crippen LogP contribution in [0.2, 0.25) is 10.0 Å². The van der Waals surface area contributed by atoms with Gasteiger partial charge in [0.05, 0.1) is 36.8 Å². The molecular formula is C34H41Cl2N3O4. The highest BCUT2D eigenvalue weighted by molar-refractivity contribution is 6.42. The van der Waals surface area contributed by atoms with Crippen LogP contribution in [0.4, 0.5) is 0 Å². The highest BCUT2D eigenvalue weighted by atomic mass is 35.5. The number of primary amides is 1. The molecule has 0 bridgehead atoms. The van der Waals surface area contributed by atoms with Gasteiger partial charge in [-0.1, -0.05) is 59.6 Å². The monoisotopic (exact) mass is 625 g/mol. The van der Waals surface area contributed by atoms with E-state index in [0.29, 0.717) is 27.3 Å². The van der Waals surface area contributed by atoms with Crippen LogP contribution in [0.5, 0.6) is 17.2 Å². The Balaban J connectivity index is 1.33. The Labute approximate surface area is 264 Å². The van der Waals surface area contributed by atoms with E-state index in [1.165, 1.54) is 5.56 Å². The van der Waals surface area contributed by atoms with E-state index in [1.807, 2.05) is 54.6 Å². The van der Waals surface area contributed by atoms with Gasteiger partial charge in [-0.15, -0.1) is 0 Å². The van der Waals surface area contributed by atoms with Crippen LogP contribution in [0, 0.1) is 0 Å². The minimum atomic E-state index is -0.607. The van der Waals surface area contributed by atoms with Gasteiger partial charge in [-0.25, -0.2) is 0 Å². The van der Waals surface area contributed by atoms with Crippen molar-refractivity contribution in [3.8, 4) is 17.2 Å². The molecule has 9 heteroatoms. The average Bonchev–Trinajstić information content (AvgIpc) is 3.45. The standard InChI is InChI=1S/C34H41Cl2N3O4/c1-41-29-19-24(20-30(42-2)31(29)43-3)22-39-16-12-33(23-39,26-9-10-27(35)28(36)21-26)11-15-38-17-13-34(14-18-38,32(37)40)25-7-5-4-6-8-25/h4-10,19-21H,11-18,22-23H2,1-3H3,(H2,37,40). The number of piperidine rings is 1. The third-order valence-electron chi connectivity index (χ3n) is 9.51. The van der Waals surface area contributed by atoms with Crippen LogP contribution in [0.25, 0.3) is 0 Å². The van der Waals surface area contributed by atoms with Crippen LogP contribution in [0.3, 0.4) is 0 Å². The number of halogens is 2. The molecule has 2 saturated heterocycles. The lowest BCUT2D eigenvalue weighted by molar-refractivity contribution is -0.125. The molecule has 1 amide bonds. The molecule has 3 aromatic carbocycles. The summed E-state index contributed by atoms with van der Waals surface area (Å²) in [5, 5.41) is 1.14. The minimum Gasteiger partial charge on any atom is -0.493 e. The fourth-order valence-electron chi connectivity index (χ4n) is 6.95. The molecule has 230 valence electrons. The predicted octanol–water partition coefficient (Wildman–Crippen LogP) is 6.07. The van der Waals surface area contributed by atoms with Crippen molar-refractivity contribution >= 4 is 29.1 Å². The van der Waals surface area contributed by atoms with Gasteiger partial charge < -0.3 is 24.8 Å². The van der Waals surface area contributed by atoms with Gasteiger partial charge in [-0.05, 0) is 92.8 Å². The van der Waals surface area contributed by atoms with Gasteiger partial charge in [0.2, 0.25) is 11.7 Å². The Morgan fingerprint density at radius 3 is 2.05 bits per heavy atom. The molecule has 0 spiro atoms. The number of rotatable bonds is 11. The summed E-state index contributed by atoms with van der Waals surface area (Å²) in [6, 6.07) is 20.1. The van der Waals surface area contributed by atoms with Crippen molar-refractivity contribution in [3.05, 3.63) is 87.4 Å². The fourth-order valence-corrected chi connectivity index (χ4v) is 7.25. The van der Waals surface area contributed by atoms with Crippen molar-refractivity contribution < 1.29 is 19.0 Å². The van der Waals surface area contributed by atoms with E-state index in [-0.39, 0.29) is 11.3 Å². The summed E-state index contributed by atoms with van der Waals surface area (Å²) < 4.78 is 16.7. The van der Waals surface area contributed by atoms with Gasteiger partial charge in [0.25, 0.3) is 0 Å². The maximum Gasteiger partial charge on any atom is 0.228 e. The summed E-state index contributed by atoms with van der Waals surface area (Å²) in [4.78, 5) is 17.7. The molecule has 43 heavy (non-hydrogen) atoms. The average molecular weight is 627 g/mol. The van der Waals surface area contributed by atoms with Gasteiger partial charge >= 0.3 is 0 Å². The maximum atomic E-state index is 12.7. The van der Waals surface area contributed by atoms with E-state index in [0.717, 1.165) is 76.1 Å². The summed E-state index contributed by atoms with van der Waals surface area (Å²) in [5.41, 5.74) is 8.63. The molecule has 5 rings (SSSR count). The molecule has 1 atom stereocenters. The first kappa shape index (κ1) is 31.5. The zero-order valence-corrected chi connectivity index (χ0v) is 26.7. The van der Waals surface area contributed by atoms with E-state index in [4.69, 9.17) is 43.1 Å². The molecule has 2 aliphatic rings. The van der Waals surface area contributed by atoms with Crippen molar-refractivity contribution in [3.63, 3.8) is 0 Å². The molecule has 7 nitrogen and oxygen atoms in total. The summed E-state index contributed by atoms with van der Waals surface area (Å²) >= 11 is 12.9. The topological polar surface area (TPSA) is 77.3 Å². The van der Waals surface area contributed by atoms with E-state index >= 15 is 0 Å². The van der Waals surface area contributed by atoms with Gasteiger partial charge in [-0.2, -0.15) is 0 Å². The molecule has 2 aliphatic heterocycles. The van der Waals surface area contributed by atoms with Crippen LogP contribution in [-0.4, -0.2) is 69.8 Å². The van der Waals surface area contributed by atoms with Gasteiger partial charge in [0.1, 0.15) is 0 Å². The fraction of sp³-hybridized carbons (Fsp3) is 0.441. The number of hydrogen-bond acceptors (Lipinski definition) is 6. The summed E-state index contributed by atoms with van der Waals surface area (Å²) in [6.45, 7) is 5.14. The molecule has 0 aliphatic carbocycles. The third kappa shape index (κ3) is 6.46. The number of carbonyl (C=O) groups is 1. The second-order valence-electron chi connectivity index (χ2n) is 11.8. The van der Waals surface area contributed by atoms with Gasteiger partial charge in [-0.3, -0.25) is 9.69 Å². The quantitative estimate of drug-likeness (QED) is 0.279. The highest BCUT2D eigenvalue weighted by Gasteiger charge is 2.43. The first-order valence-electron chi connectivity index (χ1n) is 14.8. The van der Waals surface area contributed by atoms with E-state index in [9.17, 15) is 4.79 Å². The number of methoxy groups -OCH3 is 3. The molecule has 0 saturated carbocycles. The SMILES string of the molecule is COc1cc(CN2CCC(CCN3CCC(C(N)=O)(c4ccccc4)CC3)(c3ccc(Cl)c(Cl)c3)C2)cc(OC)c1OC. The molecule has 2 heterocycles. The Morgan fingerprint density at radius 1 is 0.814 bits per heavy atom. The molecule has 2 N–H and O–H groups in total. The Kier molecular flexibility index (Phi) is 9.76. The molecule has 2 fully saturated rings. The normalized spacial score (nSPS) is 20.6. The molecule has 3 aromatic rings. The smallest absolute Gasteiger partial charge is 0.228 e. The van der Waals surface area contributed by atoms with Crippen molar-refractivity contribution in [2.45, 2.75) is 43.1 Å². The Bertz CT molecular complexity index is 1400. The Morgan fingerprint density at radius 2 is 1.47 bits per heavy atom. The number of amides is 1. The maximum absolute atomic E-state index is 12.7. The van der Waals surface area contributed by atoms with Gasteiger partial charge in [0.15, 0.2) is 11.5 Å². The first-order valence-corrected chi connectivity index (χ1v) is 15.5. The van der Waals surface area contributed by atoms with Crippen molar-refractivity contribution in [1.29, 1.82) is 0 Å². The van der Waals surface area contributed by atoms with Crippen LogP contribution in [0.15, 0.2) is 60.7 Å². The van der Waals surface area contributed by atoms with Crippen LogP contribution in [0.1, 0.15) is 42.4 Å². The first-order chi connectivity index (χ1) is 20.7. The third-order valence-corrected chi connectivity index (χ3v) is 10.2. The molecule has 0 aromatic heterocycles. The number of likely N-dealkylation sites (tertiary alicyclic amines) is 2. The number of nitrogens with two attached hydrogens (primary N) is 1. The van der Waals surface area contributed by atoms with Crippen molar-refractivity contribution in [1.82, 2.24) is 9.80 Å². The van der Waals surface area contributed by atoms with Crippen LogP contribution in [-0.2, 0) is 22.2 Å². The second-order valence-corrected chi connectivity index (χ2v) is 12.6. The van der Waals surface area contributed by atoms with E-state index in [1.54, 1.807) is 21.3 Å². The number of benzene rings is 3. The highest BCUT2D eigenvalue weighted by Crippen LogP contribution is 2.43. The lowest BCUT2D eigenvalue weighted by Gasteiger charge is -2.41. The number of hydrogen-bond donors (Lipinski definition) is 1. The Hall–Kier alpha value is -2.97. The van der Waals surface area contributed by atoms with E-state index < -0.39 is 5.41 Å². The number of ether oxygens (including phenoxy) is 3. The van der Waals surface area contributed by atoms with Crippen LogP contribution < -0.4 is 19.9 Å². The summed E-state index contributed by atoms with van der Waals surface area (Å²) in [6.07, 6.45) is 3.41. The molecule has 0 radical (unpaired) electrons. The zero-order valence-electron chi connectivity index (χ0n) is 25.2. The lowest BCUT2D eigenvalue weighted by atomic mass is 9.71. The van der Waals surface area contributed by atoms with Crippen molar-refractivity contribution in [2.24, 2.45) is 5.73 Å². The number of carbonyl (C=O) groups excluding carboxylic acids is 1. The predicted molar refractivity (Wildman–Crippen MR) is 172 cm³/mol. The lowest BCUT2D eigenvalue weighted by Crippen LogP contribution is -2.50. The van der Waals surface area contributed by atoms with E-state index in [2.05, 4.69) is 15.9 Å². The largest absolute Gasteiger partial charge is 0.493 e. The van der Waals surface area contributed by atoms with Crippen LogP contribution >= 0.6 is 23.2 Å². The zero-order chi connectivity index (χ0) is 30.6.